The molecule has 1 aromatic carbocycles. The minimum atomic E-state index is -0.347. The highest BCUT2D eigenvalue weighted by Gasteiger charge is 2.64. The maximum absolute atomic E-state index is 11.1. The summed E-state index contributed by atoms with van der Waals surface area (Å²) in [5, 5.41) is 15.1. The molecule has 0 heterocycles. The molecule has 4 nitrogen and oxygen atoms in total. The van der Waals surface area contributed by atoms with Gasteiger partial charge in [-0.15, -0.1) is 0 Å². The lowest BCUT2D eigenvalue weighted by Crippen LogP contribution is -2.23. The second-order valence-corrected chi connectivity index (χ2v) is 6.80. The molecule has 4 rings (SSSR count). The van der Waals surface area contributed by atoms with Gasteiger partial charge in [-0.05, 0) is 49.0 Å². The van der Waals surface area contributed by atoms with E-state index in [2.05, 4.69) is 5.32 Å². The molecular weight excluding hydrogens is 276 g/mol. The van der Waals surface area contributed by atoms with E-state index in [0.717, 1.165) is 23.7 Å². The number of halogens is 1. The van der Waals surface area contributed by atoms with E-state index in [1.807, 2.05) is 0 Å². The molecular formula is C15H17ClN2O2. The molecule has 4 atom stereocenters. The predicted octanol–water partition coefficient (Wildman–Crippen LogP) is 3.38. The lowest BCUT2D eigenvalue weighted by molar-refractivity contribution is -0.385. The van der Waals surface area contributed by atoms with E-state index in [-0.39, 0.29) is 10.6 Å². The van der Waals surface area contributed by atoms with Crippen molar-refractivity contribution >= 4 is 17.3 Å². The number of nitro benzene ring substituents is 1. The Balaban J connectivity index is 1.47. The van der Waals surface area contributed by atoms with Crippen LogP contribution >= 0.6 is 11.6 Å². The fraction of sp³-hybridized carbons (Fsp3) is 0.600. The molecule has 0 spiro atoms. The van der Waals surface area contributed by atoms with Crippen LogP contribution in [0, 0.1) is 33.8 Å². The van der Waals surface area contributed by atoms with Crippen molar-refractivity contribution < 1.29 is 4.92 Å². The topological polar surface area (TPSA) is 55.2 Å². The molecule has 1 aromatic rings. The van der Waals surface area contributed by atoms with Gasteiger partial charge in [-0.2, -0.15) is 0 Å². The van der Waals surface area contributed by atoms with Crippen molar-refractivity contribution in [3.63, 3.8) is 0 Å². The highest BCUT2D eigenvalue weighted by Crippen LogP contribution is 2.65. The van der Waals surface area contributed by atoms with Crippen molar-refractivity contribution in [1.29, 1.82) is 0 Å². The van der Waals surface area contributed by atoms with E-state index in [1.165, 1.54) is 25.3 Å². The van der Waals surface area contributed by atoms with Crippen LogP contribution < -0.4 is 5.32 Å². The number of fused-ring (bicyclic) bond motifs is 5. The van der Waals surface area contributed by atoms with Crippen LogP contribution in [-0.4, -0.2) is 11.0 Å². The maximum atomic E-state index is 11.1. The fourth-order valence-electron chi connectivity index (χ4n) is 4.71. The minimum Gasteiger partial charge on any atom is -0.309 e. The summed E-state index contributed by atoms with van der Waals surface area (Å²) in [7, 11) is 0. The third kappa shape index (κ3) is 1.78. The number of hydrogen-bond donors (Lipinski definition) is 1. The zero-order chi connectivity index (χ0) is 13.9. The van der Waals surface area contributed by atoms with Crippen molar-refractivity contribution in [2.24, 2.45) is 23.7 Å². The number of nitrogens with zero attached hydrogens (tertiary/aromatic N) is 1. The summed E-state index contributed by atoms with van der Waals surface area (Å²) in [6.45, 7) is 0.507. The van der Waals surface area contributed by atoms with Crippen LogP contribution in [-0.2, 0) is 6.54 Å². The molecule has 3 aliphatic rings. The lowest BCUT2D eigenvalue weighted by Gasteiger charge is -2.11. The zero-order valence-corrected chi connectivity index (χ0v) is 11.8. The molecule has 0 aliphatic heterocycles. The SMILES string of the molecule is O=[N+]([O-])c1cccc(Cl)c1CNC1C2C3CCC(C3)C12. The summed E-state index contributed by atoms with van der Waals surface area (Å²) in [5.74, 6) is 3.47. The molecule has 20 heavy (non-hydrogen) atoms. The summed E-state index contributed by atoms with van der Waals surface area (Å²) >= 11 is 6.12. The third-order valence-electron chi connectivity index (χ3n) is 5.54. The van der Waals surface area contributed by atoms with E-state index in [4.69, 9.17) is 11.6 Å². The van der Waals surface area contributed by atoms with Gasteiger partial charge in [-0.25, -0.2) is 0 Å². The Kier molecular flexibility index (Phi) is 2.79. The Labute approximate surface area is 122 Å². The maximum Gasteiger partial charge on any atom is 0.275 e. The molecule has 0 aromatic heterocycles. The molecule has 106 valence electrons. The molecule has 3 fully saturated rings. The van der Waals surface area contributed by atoms with Crippen LogP contribution in [0.2, 0.25) is 5.02 Å². The van der Waals surface area contributed by atoms with Gasteiger partial charge >= 0.3 is 0 Å². The first kappa shape index (κ1) is 12.6. The molecule has 1 N–H and O–H groups in total. The number of hydrogen-bond acceptors (Lipinski definition) is 3. The lowest BCUT2D eigenvalue weighted by atomic mass is 10.0. The Hall–Kier alpha value is -1.13. The molecule has 3 aliphatic carbocycles. The Bertz CT molecular complexity index is 561. The van der Waals surface area contributed by atoms with E-state index in [1.54, 1.807) is 12.1 Å². The summed E-state index contributed by atoms with van der Waals surface area (Å²) in [4.78, 5) is 10.7. The molecule has 0 amide bonds. The van der Waals surface area contributed by atoms with Gasteiger partial charge in [0.15, 0.2) is 0 Å². The van der Waals surface area contributed by atoms with Crippen LogP contribution in [0.15, 0.2) is 18.2 Å². The molecule has 2 bridgehead atoms. The zero-order valence-electron chi connectivity index (χ0n) is 11.1. The summed E-state index contributed by atoms with van der Waals surface area (Å²) in [6, 6.07) is 5.46. The van der Waals surface area contributed by atoms with Gasteiger partial charge in [0, 0.05) is 18.7 Å². The summed E-state index contributed by atoms with van der Waals surface area (Å²) in [5.41, 5.74) is 0.746. The van der Waals surface area contributed by atoms with Gasteiger partial charge in [-0.3, -0.25) is 10.1 Å². The monoisotopic (exact) mass is 292 g/mol. The largest absolute Gasteiger partial charge is 0.309 e. The highest BCUT2D eigenvalue weighted by atomic mass is 35.5. The van der Waals surface area contributed by atoms with Crippen molar-refractivity contribution in [3.8, 4) is 0 Å². The Morgan fingerprint density at radius 3 is 2.65 bits per heavy atom. The fourth-order valence-corrected chi connectivity index (χ4v) is 4.95. The third-order valence-corrected chi connectivity index (χ3v) is 5.89. The van der Waals surface area contributed by atoms with E-state index >= 15 is 0 Å². The quantitative estimate of drug-likeness (QED) is 0.684. The van der Waals surface area contributed by atoms with E-state index in [0.29, 0.717) is 23.2 Å². The van der Waals surface area contributed by atoms with Crippen molar-refractivity contribution in [3.05, 3.63) is 38.9 Å². The Morgan fingerprint density at radius 1 is 1.30 bits per heavy atom. The first-order valence-corrected chi connectivity index (χ1v) is 7.70. The van der Waals surface area contributed by atoms with E-state index in [9.17, 15) is 10.1 Å². The number of nitro groups is 1. The number of rotatable bonds is 4. The molecule has 5 heteroatoms. The normalized spacial score (nSPS) is 37.0. The second-order valence-electron chi connectivity index (χ2n) is 6.39. The van der Waals surface area contributed by atoms with Gasteiger partial charge in [0.1, 0.15) is 0 Å². The van der Waals surface area contributed by atoms with Crippen LogP contribution in [0.4, 0.5) is 5.69 Å². The highest BCUT2D eigenvalue weighted by molar-refractivity contribution is 6.31. The van der Waals surface area contributed by atoms with Crippen LogP contribution in [0.5, 0.6) is 0 Å². The standard InChI is InChI=1S/C15H17ClN2O2/c16-11-2-1-3-12(18(19)20)10(11)7-17-15-13-8-4-5-9(6-8)14(13)15/h1-3,8-9,13-15,17H,4-7H2. The predicted molar refractivity (Wildman–Crippen MR) is 76.5 cm³/mol. The first-order chi connectivity index (χ1) is 9.66. The summed E-state index contributed by atoms with van der Waals surface area (Å²) in [6.07, 6.45) is 4.19. The van der Waals surface area contributed by atoms with Gasteiger partial charge in [0.05, 0.1) is 15.5 Å². The Morgan fingerprint density at radius 2 is 2.00 bits per heavy atom. The first-order valence-electron chi connectivity index (χ1n) is 7.32. The molecule has 4 unspecified atom stereocenters. The van der Waals surface area contributed by atoms with Crippen LogP contribution in [0.1, 0.15) is 24.8 Å². The van der Waals surface area contributed by atoms with Gasteiger partial charge in [0.25, 0.3) is 5.69 Å². The summed E-state index contributed by atoms with van der Waals surface area (Å²) < 4.78 is 0. The van der Waals surface area contributed by atoms with Crippen LogP contribution in [0.3, 0.4) is 0 Å². The minimum absolute atomic E-state index is 0.124. The van der Waals surface area contributed by atoms with Gasteiger partial charge in [-0.1, -0.05) is 17.7 Å². The molecule has 3 saturated carbocycles. The number of benzene rings is 1. The number of nitrogens with one attached hydrogen (secondary N) is 1. The average molecular weight is 293 g/mol. The van der Waals surface area contributed by atoms with Crippen molar-refractivity contribution in [1.82, 2.24) is 5.32 Å². The molecule has 0 saturated heterocycles. The van der Waals surface area contributed by atoms with Crippen molar-refractivity contribution in [2.45, 2.75) is 31.8 Å². The smallest absolute Gasteiger partial charge is 0.275 e. The molecule has 0 radical (unpaired) electrons. The van der Waals surface area contributed by atoms with Crippen LogP contribution in [0.25, 0.3) is 0 Å². The van der Waals surface area contributed by atoms with Crippen molar-refractivity contribution in [2.75, 3.05) is 0 Å². The van der Waals surface area contributed by atoms with Gasteiger partial charge in [0.2, 0.25) is 0 Å². The van der Waals surface area contributed by atoms with Gasteiger partial charge < -0.3 is 5.32 Å². The second kappa shape index (κ2) is 4.43. The average Bonchev–Trinajstić information content (AvgIpc) is 2.81. The van der Waals surface area contributed by atoms with E-state index < -0.39 is 0 Å².